The van der Waals surface area contributed by atoms with Gasteiger partial charge in [0.2, 0.25) is 0 Å². The maximum atomic E-state index is 3.75. The van der Waals surface area contributed by atoms with Crippen LogP contribution in [0.5, 0.6) is 0 Å². The predicted octanol–water partition coefficient (Wildman–Crippen LogP) is 3.81. The van der Waals surface area contributed by atoms with Crippen molar-refractivity contribution >= 4 is 0 Å². The van der Waals surface area contributed by atoms with Crippen LogP contribution in [0.1, 0.15) is 71.6 Å². The minimum atomic E-state index is 0.800. The molecule has 0 unspecified atom stereocenters. The van der Waals surface area contributed by atoms with Crippen molar-refractivity contribution in [3.05, 3.63) is 0 Å². The van der Waals surface area contributed by atoms with Gasteiger partial charge >= 0.3 is 0 Å². The average molecular weight is 254 g/mol. The molecule has 0 aromatic heterocycles. The zero-order valence-electron chi connectivity index (χ0n) is 12.7. The Kier molecular flexibility index (Phi) is 9.59. The monoisotopic (exact) mass is 254 g/mol. The molecule has 1 saturated heterocycles. The summed E-state index contributed by atoms with van der Waals surface area (Å²) in [4.78, 5) is 2.64. The molecule has 1 aliphatic rings. The van der Waals surface area contributed by atoms with Crippen molar-refractivity contribution in [2.45, 2.75) is 77.7 Å². The van der Waals surface area contributed by atoms with E-state index in [0.29, 0.717) is 0 Å². The summed E-state index contributed by atoms with van der Waals surface area (Å²) in [5.74, 6) is 0. The van der Waals surface area contributed by atoms with Gasteiger partial charge in [0.15, 0.2) is 0 Å². The topological polar surface area (TPSA) is 15.3 Å². The molecule has 0 spiro atoms. The molecule has 1 rings (SSSR count). The minimum Gasteiger partial charge on any atom is -0.314 e. The lowest BCUT2D eigenvalue weighted by Crippen LogP contribution is -2.43. The molecule has 0 aliphatic carbocycles. The lowest BCUT2D eigenvalue weighted by atomic mass is 10.0. The number of unbranched alkanes of at least 4 members (excludes halogenated alkanes) is 5. The Morgan fingerprint density at radius 3 is 2.22 bits per heavy atom. The number of nitrogens with zero attached hydrogens (tertiary/aromatic N) is 1. The predicted molar refractivity (Wildman–Crippen MR) is 81.1 cm³/mol. The van der Waals surface area contributed by atoms with E-state index in [1.54, 1.807) is 0 Å². The van der Waals surface area contributed by atoms with E-state index in [-0.39, 0.29) is 0 Å². The van der Waals surface area contributed by atoms with Crippen LogP contribution in [0, 0.1) is 0 Å². The minimum absolute atomic E-state index is 0.800. The Morgan fingerprint density at radius 2 is 1.56 bits per heavy atom. The highest BCUT2D eigenvalue weighted by molar-refractivity contribution is 4.76. The Bertz CT molecular complexity index is 174. The number of hydrogen-bond donors (Lipinski definition) is 1. The molecule has 0 aromatic carbocycles. The van der Waals surface area contributed by atoms with Crippen molar-refractivity contribution < 1.29 is 0 Å². The zero-order valence-corrected chi connectivity index (χ0v) is 12.7. The maximum Gasteiger partial charge on any atom is 0.00914 e. The van der Waals surface area contributed by atoms with Crippen molar-refractivity contribution in [1.82, 2.24) is 10.2 Å². The molecule has 2 heteroatoms. The SMILES string of the molecule is CCCCCCCNC1CCN(CCCC)CC1. The summed E-state index contributed by atoms with van der Waals surface area (Å²) in [5, 5.41) is 3.75. The lowest BCUT2D eigenvalue weighted by molar-refractivity contribution is 0.195. The van der Waals surface area contributed by atoms with Gasteiger partial charge in [0, 0.05) is 6.04 Å². The molecule has 0 radical (unpaired) electrons. The molecule has 1 N–H and O–H groups in total. The van der Waals surface area contributed by atoms with Gasteiger partial charge in [-0.05, 0) is 51.9 Å². The molecule has 0 saturated carbocycles. The summed E-state index contributed by atoms with van der Waals surface area (Å²) < 4.78 is 0. The fourth-order valence-electron chi connectivity index (χ4n) is 2.78. The molecular formula is C16H34N2. The van der Waals surface area contributed by atoms with Crippen LogP contribution in [-0.4, -0.2) is 37.1 Å². The van der Waals surface area contributed by atoms with Crippen molar-refractivity contribution in [2.24, 2.45) is 0 Å². The van der Waals surface area contributed by atoms with Crippen LogP contribution in [0.4, 0.5) is 0 Å². The number of likely N-dealkylation sites (tertiary alicyclic amines) is 1. The summed E-state index contributed by atoms with van der Waals surface area (Å²) >= 11 is 0. The summed E-state index contributed by atoms with van der Waals surface area (Å²) in [6, 6.07) is 0.800. The summed E-state index contributed by atoms with van der Waals surface area (Å²) in [5.41, 5.74) is 0. The summed E-state index contributed by atoms with van der Waals surface area (Å²) in [6.45, 7) is 9.75. The summed E-state index contributed by atoms with van der Waals surface area (Å²) in [7, 11) is 0. The number of nitrogens with one attached hydrogen (secondary N) is 1. The van der Waals surface area contributed by atoms with Crippen LogP contribution in [0.2, 0.25) is 0 Å². The Balaban J connectivity index is 1.92. The van der Waals surface area contributed by atoms with E-state index in [2.05, 4.69) is 24.1 Å². The Labute approximate surface area is 115 Å². The first-order valence-electron chi connectivity index (χ1n) is 8.32. The third kappa shape index (κ3) is 7.38. The Hall–Kier alpha value is -0.0800. The van der Waals surface area contributed by atoms with Crippen molar-refractivity contribution in [2.75, 3.05) is 26.2 Å². The van der Waals surface area contributed by atoms with Crippen molar-refractivity contribution in [3.63, 3.8) is 0 Å². The van der Waals surface area contributed by atoms with Gasteiger partial charge in [-0.2, -0.15) is 0 Å². The smallest absolute Gasteiger partial charge is 0.00914 e. The van der Waals surface area contributed by atoms with E-state index < -0.39 is 0 Å². The van der Waals surface area contributed by atoms with Crippen LogP contribution >= 0.6 is 0 Å². The second kappa shape index (κ2) is 10.8. The highest BCUT2D eigenvalue weighted by Crippen LogP contribution is 2.11. The van der Waals surface area contributed by atoms with Crippen molar-refractivity contribution in [1.29, 1.82) is 0 Å². The first-order chi connectivity index (χ1) is 8.86. The number of rotatable bonds is 10. The normalized spacial score (nSPS) is 18.3. The van der Waals surface area contributed by atoms with Gasteiger partial charge in [-0.1, -0.05) is 46.0 Å². The standard InChI is InChI=1S/C16H34N2/c1-3-5-7-8-9-12-17-16-10-14-18(15-11-16)13-6-4-2/h16-17H,3-15H2,1-2H3. The second-order valence-electron chi connectivity index (χ2n) is 5.84. The van der Waals surface area contributed by atoms with Gasteiger partial charge < -0.3 is 10.2 Å². The number of hydrogen-bond acceptors (Lipinski definition) is 2. The van der Waals surface area contributed by atoms with Gasteiger partial charge in [0.25, 0.3) is 0 Å². The molecule has 1 heterocycles. The molecule has 18 heavy (non-hydrogen) atoms. The molecule has 1 aliphatic heterocycles. The van der Waals surface area contributed by atoms with E-state index in [9.17, 15) is 0 Å². The quantitative estimate of drug-likeness (QED) is 0.596. The Morgan fingerprint density at radius 1 is 0.889 bits per heavy atom. The van der Waals surface area contributed by atoms with E-state index in [4.69, 9.17) is 0 Å². The molecule has 2 nitrogen and oxygen atoms in total. The third-order valence-electron chi connectivity index (χ3n) is 4.13. The highest BCUT2D eigenvalue weighted by Gasteiger charge is 2.17. The molecule has 0 atom stereocenters. The fraction of sp³-hybridized carbons (Fsp3) is 1.00. The highest BCUT2D eigenvalue weighted by atomic mass is 15.1. The third-order valence-corrected chi connectivity index (χ3v) is 4.13. The van der Waals surface area contributed by atoms with Crippen LogP contribution in [0.25, 0.3) is 0 Å². The van der Waals surface area contributed by atoms with Crippen LogP contribution in [0.3, 0.4) is 0 Å². The van der Waals surface area contributed by atoms with Crippen molar-refractivity contribution in [3.8, 4) is 0 Å². The van der Waals surface area contributed by atoms with Gasteiger partial charge in [0.1, 0.15) is 0 Å². The summed E-state index contributed by atoms with van der Waals surface area (Å²) in [6.07, 6.45) is 12.4. The van der Waals surface area contributed by atoms with Gasteiger partial charge in [-0.25, -0.2) is 0 Å². The molecule has 0 bridgehead atoms. The lowest BCUT2D eigenvalue weighted by Gasteiger charge is -2.32. The first kappa shape index (κ1) is 16.0. The van der Waals surface area contributed by atoms with E-state index in [1.807, 2.05) is 0 Å². The van der Waals surface area contributed by atoms with E-state index in [0.717, 1.165) is 6.04 Å². The van der Waals surface area contributed by atoms with Gasteiger partial charge in [-0.3, -0.25) is 0 Å². The van der Waals surface area contributed by atoms with E-state index in [1.165, 1.54) is 84.0 Å². The maximum absolute atomic E-state index is 3.75. The van der Waals surface area contributed by atoms with Gasteiger partial charge in [0.05, 0.1) is 0 Å². The number of piperidine rings is 1. The van der Waals surface area contributed by atoms with Crippen LogP contribution < -0.4 is 5.32 Å². The van der Waals surface area contributed by atoms with Gasteiger partial charge in [-0.15, -0.1) is 0 Å². The van der Waals surface area contributed by atoms with Crippen LogP contribution in [-0.2, 0) is 0 Å². The molecule has 108 valence electrons. The first-order valence-corrected chi connectivity index (χ1v) is 8.32. The zero-order chi connectivity index (χ0) is 13.1. The fourth-order valence-corrected chi connectivity index (χ4v) is 2.78. The molecular weight excluding hydrogens is 220 g/mol. The second-order valence-corrected chi connectivity index (χ2v) is 5.84. The molecule has 0 aromatic rings. The molecule has 0 amide bonds. The van der Waals surface area contributed by atoms with E-state index >= 15 is 0 Å². The average Bonchev–Trinajstić information content (AvgIpc) is 2.42. The van der Waals surface area contributed by atoms with Crippen LogP contribution in [0.15, 0.2) is 0 Å². The molecule has 1 fully saturated rings. The largest absolute Gasteiger partial charge is 0.314 e.